The molecule has 0 spiro atoms. The smallest absolute Gasteiger partial charge is 0.128 e. The highest BCUT2D eigenvalue weighted by atomic mass is 15.1. The molecule has 0 saturated heterocycles. The van der Waals surface area contributed by atoms with Gasteiger partial charge >= 0.3 is 0 Å². The molecule has 0 saturated carbocycles. The highest BCUT2D eigenvalue weighted by Gasteiger charge is 2.04. The van der Waals surface area contributed by atoms with Gasteiger partial charge in [-0.15, -0.1) is 0 Å². The summed E-state index contributed by atoms with van der Waals surface area (Å²) in [7, 11) is 4.11. The van der Waals surface area contributed by atoms with Gasteiger partial charge in [-0.25, -0.2) is 4.98 Å². The quantitative estimate of drug-likeness (QED) is 0.895. The van der Waals surface area contributed by atoms with Crippen molar-refractivity contribution in [3.05, 3.63) is 42.0 Å². The Labute approximate surface area is 115 Å². The molecule has 0 aliphatic rings. The fourth-order valence-electron chi connectivity index (χ4n) is 2.09. The average molecular weight is 258 g/mol. The maximum absolute atomic E-state index is 4.37. The largest absolute Gasteiger partial charge is 0.378 e. The molecule has 0 amide bonds. The molecule has 0 bridgehead atoms. The Morgan fingerprint density at radius 2 is 2.11 bits per heavy atom. The van der Waals surface area contributed by atoms with Crippen LogP contribution in [0.15, 0.2) is 30.6 Å². The molecular weight excluding hydrogens is 236 g/mol. The first-order chi connectivity index (χ1) is 9.11. The van der Waals surface area contributed by atoms with Crippen molar-refractivity contribution >= 4 is 11.4 Å². The molecule has 2 rings (SSSR count). The lowest BCUT2D eigenvalue weighted by Gasteiger charge is -2.16. The Hall–Kier alpha value is -1.97. The van der Waals surface area contributed by atoms with Gasteiger partial charge in [0.1, 0.15) is 5.82 Å². The van der Waals surface area contributed by atoms with Crippen molar-refractivity contribution in [2.24, 2.45) is 0 Å². The second-order valence-electron chi connectivity index (χ2n) is 4.88. The van der Waals surface area contributed by atoms with Gasteiger partial charge in [-0.1, -0.05) is 0 Å². The van der Waals surface area contributed by atoms with Gasteiger partial charge in [-0.05, 0) is 37.6 Å². The molecule has 1 aromatic heterocycles. The Balaban J connectivity index is 2.08. The van der Waals surface area contributed by atoms with Gasteiger partial charge in [-0.3, -0.25) is 0 Å². The van der Waals surface area contributed by atoms with Gasteiger partial charge < -0.3 is 14.8 Å². The first kappa shape index (κ1) is 13.5. The summed E-state index contributed by atoms with van der Waals surface area (Å²) in [5.41, 5.74) is 3.63. The summed E-state index contributed by atoms with van der Waals surface area (Å²) in [5.74, 6) is 1.07. The van der Waals surface area contributed by atoms with Crippen molar-refractivity contribution in [1.29, 1.82) is 0 Å². The number of benzene rings is 1. The van der Waals surface area contributed by atoms with Crippen LogP contribution in [-0.2, 0) is 13.1 Å². The average Bonchev–Trinajstić information content (AvgIpc) is 2.84. The van der Waals surface area contributed by atoms with Crippen LogP contribution >= 0.6 is 0 Å². The summed E-state index contributed by atoms with van der Waals surface area (Å²) in [4.78, 5) is 6.48. The molecule has 0 unspecified atom stereocenters. The van der Waals surface area contributed by atoms with Crippen LogP contribution in [0.1, 0.15) is 18.3 Å². The molecule has 0 atom stereocenters. The van der Waals surface area contributed by atoms with E-state index in [1.54, 1.807) is 0 Å². The van der Waals surface area contributed by atoms with Crippen molar-refractivity contribution in [1.82, 2.24) is 9.55 Å². The number of nitrogens with zero attached hydrogens (tertiary/aromatic N) is 3. The Morgan fingerprint density at radius 3 is 2.74 bits per heavy atom. The Bertz CT molecular complexity index is 543. The minimum Gasteiger partial charge on any atom is -0.378 e. The number of nitrogens with one attached hydrogen (secondary N) is 1. The first-order valence-corrected chi connectivity index (χ1v) is 6.63. The van der Waals surface area contributed by atoms with E-state index in [9.17, 15) is 0 Å². The molecule has 0 aliphatic heterocycles. The molecular formula is C15H22N4. The van der Waals surface area contributed by atoms with Crippen molar-refractivity contribution in [2.75, 3.05) is 24.3 Å². The maximum Gasteiger partial charge on any atom is 0.128 e. The minimum atomic E-state index is 0.753. The molecule has 19 heavy (non-hydrogen) atoms. The van der Waals surface area contributed by atoms with Gasteiger partial charge in [0.2, 0.25) is 0 Å². The van der Waals surface area contributed by atoms with Crippen molar-refractivity contribution in [3.63, 3.8) is 0 Å². The lowest BCUT2D eigenvalue weighted by atomic mass is 10.1. The van der Waals surface area contributed by atoms with Gasteiger partial charge in [0, 0.05) is 44.4 Å². The highest BCUT2D eigenvalue weighted by molar-refractivity contribution is 5.59. The predicted molar refractivity (Wildman–Crippen MR) is 80.7 cm³/mol. The minimum absolute atomic E-state index is 0.753. The van der Waals surface area contributed by atoms with Crippen LogP contribution in [0, 0.1) is 6.92 Å². The zero-order chi connectivity index (χ0) is 13.8. The van der Waals surface area contributed by atoms with Crippen LogP contribution in [0.3, 0.4) is 0 Å². The van der Waals surface area contributed by atoms with Crippen molar-refractivity contribution in [2.45, 2.75) is 26.9 Å². The monoisotopic (exact) mass is 258 g/mol. The molecule has 4 heteroatoms. The SMILES string of the molecule is CCn1ccnc1CNc1ccc(N(C)C)cc1C. The van der Waals surface area contributed by atoms with E-state index >= 15 is 0 Å². The molecule has 0 aliphatic carbocycles. The number of rotatable bonds is 5. The molecule has 4 nitrogen and oxygen atoms in total. The van der Waals surface area contributed by atoms with E-state index in [0.29, 0.717) is 0 Å². The van der Waals surface area contributed by atoms with E-state index in [4.69, 9.17) is 0 Å². The Kier molecular flexibility index (Phi) is 4.10. The summed E-state index contributed by atoms with van der Waals surface area (Å²) in [6.45, 7) is 5.96. The third-order valence-corrected chi connectivity index (χ3v) is 3.31. The van der Waals surface area contributed by atoms with Gasteiger partial charge in [0.05, 0.1) is 6.54 Å². The molecule has 0 fully saturated rings. The number of anilines is 2. The van der Waals surface area contributed by atoms with Crippen LogP contribution in [0.2, 0.25) is 0 Å². The summed E-state index contributed by atoms with van der Waals surface area (Å²) >= 11 is 0. The van der Waals surface area contributed by atoms with E-state index in [0.717, 1.165) is 24.6 Å². The predicted octanol–water partition coefficient (Wildman–Crippen LogP) is 2.89. The number of hydrogen-bond acceptors (Lipinski definition) is 3. The summed E-state index contributed by atoms with van der Waals surface area (Å²) in [5, 5.41) is 3.45. The summed E-state index contributed by atoms with van der Waals surface area (Å²) in [6, 6.07) is 6.44. The standard InChI is InChI=1S/C15H22N4/c1-5-19-9-8-16-15(19)11-17-14-7-6-13(18(3)4)10-12(14)2/h6-10,17H,5,11H2,1-4H3. The second-order valence-corrected chi connectivity index (χ2v) is 4.88. The van der Waals surface area contributed by atoms with E-state index in [1.807, 2.05) is 12.4 Å². The number of hydrogen-bond donors (Lipinski definition) is 1. The van der Waals surface area contributed by atoms with Crippen LogP contribution in [0.4, 0.5) is 11.4 Å². The summed E-state index contributed by atoms with van der Waals surface area (Å²) < 4.78 is 2.15. The van der Waals surface area contributed by atoms with Crippen LogP contribution in [-0.4, -0.2) is 23.6 Å². The molecule has 0 radical (unpaired) electrons. The fraction of sp³-hybridized carbons (Fsp3) is 0.400. The topological polar surface area (TPSA) is 33.1 Å². The number of aryl methyl sites for hydroxylation is 2. The normalized spacial score (nSPS) is 10.5. The molecule has 1 aromatic carbocycles. The fourth-order valence-corrected chi connectivity index (χ4v) is 2.09. The van der Waals surface area contributed by atoms with Crippen LogP contribution in [0.5, 0.6) is 0 Å². The van der Waals surface area contributed by atoms with E-state index in [2.05, 4.69) is 65.9 Å². The van der Waals surface area contributed by atoms with Crippen molar-refractivity contribution < 1.29 is 0 Å². The van der Waals surface area contributed by atoms with Crippen LogP contribution < -0.4 is 10.2 Å². The summed E-state index contributed by atoms with van der Waals surface area (Å²) in [6.07, 6.45) is 3.86. The third kappa shape index (κ3) is 3.08. The second kappa shape index (κ2) is 5.78. The first-order valence-electron chi connectivity index (χ1n) is 6.63. The van der Waals surface area contributed by atoms with Crippen LogP contribution in [0.25, 0.3) is 0 Å². The van der Waals surface area contributed by atoms with Gasteiger partial charge in [0.25, 0.3) is 0 Å². The zero-order valence-corrected chi connectivity index (χ0v) is 12.1. The lowest BCUT2D eigenvalue weighted by Crippen LogP contribution is -2.10. The molecule has 102 valence electrons. The number of aromatic nitrogens is 2. The van der Waals surface area contributed by atoms with Gasteiger partial charge in [-0.2, -0.15) is 0 Å². The van der Waals surface area contributed by atoms with Crippen molar-refractivity contribution in [3.8, 4) is 0 Å². The van der Waals surface area contributed by atoms with E-state index < -0.39 is 0 Å². The van der Waals surface area contributed by atoms with E-state index in [1.165, 1.54) is 11.3 Å². The highest BCUT2D eigenvalue weighted by Crippen LogP contribution is 2.21. The molecule has 2 aromatic rings. The van der Waals surface area contributed by atoms with E-state index in [-0.39, 0.29) is 0 Å². The Morgan fingerprint density at radius 1 is 1.32 bits per heavy atom. The number of imidazole rings is 1. The van der Waals surface area contributed by atoms with Gasteiger partial charge in [0.15, 0.2) is 0 Å². The lowest BCUT2D eigenvalue weighted by molar-refractivity contribution is 0.708. The molecule has 1 N–H and O–H groups in total. The zero-order valence-electron chi connectivity index (χ0n) is 12.1. The third-order valence-electron chi connectivity index (χ3n) is 3.31. The maximum atomic E-state index is 4.37. The molecule has 1 heterocycles.